The van der Waals surface area contributed by atoms with Crippen molar-refractivity contribution < 1.29 is 0 Å². The van der Waals surface area contributed by atoms with E-state index in [0.717, 1.165) is 12.8 Å². The molecule has 0 aromatic heterocycles. The molecule has 1 aliphatic rings. The number of benzene rings is 1. The molecule has 0 N–H and O–H groups in total. The Hall–Kier alpha value is -1.37. The molecule has 1 nitrogen and oxygen atoms in total. The summed E-state index contributed by atoms with van der Waals surface area (Å²) in [5.41, 5.74) is 3.91. The Bertz CT molecular complexity index is 401. The normalized spacial score (nSPS) is 19.5. The molecule has 1 atom stereocenters. The molecule has 1 aromatic carbocycles. The zero-order valence-corrected chi connectivity index (χ0v) is 10.1. The smallest absolute Gasteiger partial charge is 0.0691 e. The Kier molecular flexibility index (Phi) is 3.55. The monoisotopic (exact) mass is 213 g/mol. The summed E-state index contributed by atoms with van der Waals surface area (Å²) in [4.78, 5) is 4.80. The number of aliphatic imine (C=N–C) groups is 1. The topological polar surface area (TPSA) is 12.4 Å². The standard InChI is InChI=1S/C15H19N/c1-3-8-13-11-14(4-2)16-15(13)12-9-6-5-7-10-12/h5-7,9-11,14H,3-4,8H2,1-2H3. The van der Waals surface area contributed by atoms with Gasteiger partial charge in [-0.05, 0) is 24.0 Å². The van der Waals surface area contributed by atoms with Crippen molar-refractivity contribution in [2.75, 3.05) is 0 Å². The second-order valence-corrected chi connectivity index (χ2v) is 4.26. The van der Waals surface area contributed by atoms with Gasteiger partial charge in [0, 0.05) is 0 Å². The zero-order chi connectivity index (χ0) is 11.4. The Morgan fingerprint density at radius 1 is 1.12 bits per heavy atom. The van der Waals surface area contributed by atoms with Crippen molar-refractivity contribution in [3.05, 3.63) is 47.5 Å². The van der Waals surface area contributed by atoms with Gasteiger partial charge in [0.05, 0.1) is 11.8 Å². The summed E-state index contributed by atoms with van der Waals surface area (Å²) in [7, 11) is 0. The summed E-state index contributed by atoms with van der Waals surface area (Å²) in [6, 6.07) is 10.9. The molecule has 0 bridgehead atoms. The maximum atomic E-state index is 4.80. The van der Waals surface area contributed by atoms with E-state index in [1.165, 1.54) is 23.3 Å². The first-order chi connectivity index (χ1) is 7.85. The Morgan fingerprint density at radius 2 is 1.88 bits per heavy atom. The van der Waals surface area contributed by atoms with Gasteiger partial charge in [0.1, 0.15) is 0 Å². The highest BCUT2D eigenvalue weighted by Gasteiger charge is 2.18. The van der Waals surface area contributed by atoms with Gasteiger partial charge in [0.2, 0.25) is 0 Å². The number of hydrogen-bond donors (Lipinski definition) is 0. The fourth-order valence-corrected chi connectivity index (χ4v) is 2.13. The van der Waals surface area contributed by atoms with Crippen molar-refractivity contribution in [3.63, 3.8) is 0 Å². The third-order valence-corrected chi connectivity index (χ3v) is 2.98. The minimum atomic E-state index is 0.400. The van der Waals surface area contributed by atoms with Crippen molar-refractivity contribution in [1.29, 1.82) is 0 Å². The molecular formula is C15H19N. The molecular weight excluding hydrogens is 194 g/mol. The highest BCUT2D eigenvalue weighted by atomic mass is 14.8. The van der Waals surface area contributed by atoms with Gasteiger partial charge in [-0.15, -0.1) is 0 Å². The zero-order valence-electron chi connectivity index (χ0n) is 10.1. The van der Waals surface area contributed by atoms with Crippen LogP contribution in [0.1, 0.15) is 38.7 Å². The first-order valence-electron chi connectivity index (χ1n) is 6.19. The van der Waals surface area contributed by atoms with Crippen LogP contribution < -0.4 is 0 Å². The Morgan fingerprint density at radius 3 is 2.50 bits per heavy atom. The molecule has 0 saturated heterocycles. The lowest BCUT2D eigenvalue weighted by molar-refractivity contribution is 0.793. The summed E-state index contributed by atoms with van der Waals surface area (Å²) in [6.45, 7) is 4.42. The van der Waals surface area contributed by atoms with Crippen molar-refractivity contribution in [1.82, 2.24) is 0 Å². The summed E-state index contributed by atoms with van der Waals surface area (Å²) in [6.07, 6.45) is 5.77. The van der Waals surface area contributed by atoms with E-state index < -0.39 is 0 Å². The van der Waals surface area contributed by atoms with Gasteiger partial charge in [0.15, 0.2) is 0 Å². The Balaban J connectivity index is 2.29. The predicted molar refractivity (Wildman–Crippen MR) is 70.0 cm³/mol. The first-order valence-corrected chi connectivity index (χ1v) is 6.19. The molecule has 1 unspecified atom stereocenters. The third-order valence-electron chi connectivity index (χ3n) is 2.98. The molecule has 84 valence electrons. The van der Waals surface area contributed by atoms with E-state index in [1.807, 2.05) is 0 Å². The van der Waals surface area contributed by atoms with Crippen LogP contribution in [0.2, 0.25) is 0 Å². The maximum Gasteiger partial charge on any atom is 0.0691 e. The highest BCUT2D eigenvalue weighted by Crippen LogP contribution is 2.23. The molecule has 16 heavy (non-hydrogen) atoms. The van der Waals surface area contributed by atoms with Crippen molar-refractivity contribution >= 4 is 5.71 Å². The van der Waals surface area contributed by atoms with Crippen LogP contribution in [0.5, 0.6) is 0 Å². The van der Waals surface area contributed by atoms with E-state index >= 15 is 0 Å². The fourth-order valence-electron chi connectivity index (χ4n) is 2.13. The molecule has 0 fully saturated rings. The van der Waals surface area contributed by atoms with Gasteiger partial charge in [-0.25, -0.2) is 0 Å². The van der Waals surface area contributed by atoms with E-state index in [9.17, 15) is 0 Å². The van der Waals surface area contributed by atoms with Crippen LogP contribution in [0.4, 0.5) is 0 Å². The van der Waals surface area contributed by atoms with Gasteiger partial charge in [-0.2, -0.15) is 0 Å². The summed E-state index contributed by atoms with van der Waals surface area (Å²) in [5, 5.41) is 0. The van der Waals surface area contributed by atoms with E-state index in [1.54, 1.807) is 0 Å². The van der Waals surface area contributed by atoms with E-state index in [-0.39, 0.29) is 0 Å². The minimum Gasteiger partial charge on any atom is -0.277 e. The lowest BCUT2D eigenvalue weighted by Crippen LogP contribution is -2.01. The lowest BCUT2D eigenvalue weighted by Gasteiger charge is -2.05. The average molecular weight is 213 g/mol. The molecule has 0 amide bonds. The van der Waals surface area contributed by atoms with Gasteiger partial charge >= 0.3 is 0 Å². The molecule has 1 heteroatoms. The molecule has 1 aliphatic heterocycles. The number of rotatable bonds is 4. The van der Waals surface area contributed by atoms with Gasteiger partial charge in [0.25, 0.3) is 0 Å². The first kappa shape index (κ1) is 11.1. The highest BCUT2D eigenvalue weighted by molar-refractivity contribution is 6.14. The average Bonchev–Trinajstić information content (AvgIpc) is 2.74. The van der Waals surface area contributed by atoms with Crippen LogP contribution >= 0.6 is 0 Å². The van der Waals surface area contributed by atoms with Crippen LogP contribution in [-0.4, -0.2) is 11.8 Å². The van der Waals surface area contributed by atoms with Gasteiger partial charge < -0.3 is 0 Å². The minimum absolute atomic E-state index is 0.400. The van der Waals surface area contributed by atoms with Gasteiger partial charge in [-0.3, -0.25) is 4.99 Å². The van der Waals surface area contributed by atoms with Crippen molar-refractivity contribution in [2.45, 2.75) is 39.2 Å². The van der Waals surface area contributed by atoms with Crippen LogP contribution in [0.25, 0.3) is 0 Å². The molecule has 0 aliphatic carbocycles. The summed E-state index contributed by atoms with van der Waals surface area (Å²) < 4.78 is 0. The van der Waals surface area contributed by atoms with Crippen LogP contribution in [0.3, 0.4) is 0 Å². The predicted octanol–water partition coefficient (Wildman–Crippen LogP) is 3.99. The molecule has 0 saturated carbocycles. The molecule has 1 heterocycles. The maximum absolute atomic E-state index is 4.80. The van der Waals surface area contributed by atoms with Crippen LogP contribution in [0.15, 0.2) is 47.0 Å². The number of hydrogen-bond acceptors (Lipinski definition) is 1. The van der Waals surface area contributed by atoms with Crippen molar-refractivity contribution in [2.24, 2.45) is 4.99 Å². The van der Waals surface area contributed by atoms with E-state index in [4.69, 9.17) is 4.99 Å². The number of allylic oxidation sites excluding steroid dienone is 1. The summed E-state index contributed by atoms with van der Waals surface area (Å²) >= 11 is 0. The van der Waals surface area contributed by atoms with Crippen LogP contribution in [0, 0.1) is 0 Å². The molecule has 0 spiro atoms. The molecule has 1 aromatic rings. The number of nitrogens with zero attached hydrogens (tertiary/aromatic N) is 1. The molecule has 2 rings (SSSR count). The second kappa shape index (κ2) is 5.11. The van der Waals surface area contributed by atoms with E-state index in [2.05, 4.69) is 50.3 Å². The second-order valence-electron chi connectivity index (χ2n) is 4.26. The van der Waals surface area contributed by atoms with Crippen molar-refractivity contribution in [3.8, 4) is 0 Å². The largest absolute Gasteiger partial charge is 0.277 e. The third kappa shape index (κ3) is 2.24. The Labute approximate surface area is 97.9 Å². The molecule has 0 radical (unpaired) electrons. The summed E-state index contributed by atoms with van der Waals surface area (Å²) in [5.74, 6) is 0. The van der Waals surface area contributed by atoms with E-state index in [0.29, 0.717) is 6.04 Å². The fraction of sp³-hybridized carbons (Fsp3) is 0.400. The van der Waals surface area contributed by atoms with Crippen LogP contribution in [-0.2, 0) is 0 Å². The lowest BCUT2D eigenvalue weighted by atomic mass is 9.99. The SMILES string of the molecule is CCCC1=CC(CC)N=C1c1ccccc1. The quantitative estimate of drug-likeness (QED) is 0.717. The van der Waals surface area contributed by atoms with Gasteiger partial charge in [-0.1, -0.05) is 56.7 Å².